The fraction of sp³-hybridized carbons (Fsp3) is 0.276. The van der Waals surface area contributed by atoms with Crippen LogP contribution in [-0.2, 0) is 10.0 Å². The second-order valence-corrected chi connectivity index (χ2v) is 11.3. The summed E-state index contributed by atoms with van der Waals surface area (Å²) in [7, 11) is -3.40. The number of hydrogen-bond acceptors (Lipinski definition) is 6. The summed E-state index contributed by atoms with van der Waals surface area (Å²) in [6.07, 6.45) is 3.64. The molecule has 0 bridgehead atoms. The van der Waals surface area contributed by atoms with E-state index in [1.54, 1.807) is 30.3 Å². The van der Waals surface area contributed by atoms with E-state index in [0.717, 1.165) is 47.1 Å². The highest BCUT2D eigenvalue weighted by atomic mass is 32.2. The normalized spacial score (nSPS) is 13.5. The molecule has 1 saturated carbocycles. The van der Waals surface area contributed by atoms with Crippen LogP contribution in [0.5, 0.6) is 11.6 Å². The van der Waals surface area contributed by atoms with Gasteiger partial charge in [-0.15, -0.1) is 0 Å². The maximum absolute atomic E-state index is 12.2. The van der Waals surface area contributed by atoms with Crippen molar-refractivity contribution < 1.29 is 13.2 Å². The highest BCUT2D eigenvalue weighted by molar-refractivity contribution is 7.92. The molecular formula is C29H27N5O3S. The van der Waals surface area contributed by atoms with Crippen molar-refractivity contribution in [1.29, 1.82) is 10.5 Å². The first-order valence-corrected chi connectivity index (χ1v) is 14.2. The molecule has 1 fully saturated rings. The number of nitriles is 2. The lowest BCUT2D eigenvalue weighted by Gasteiger charge is -2.30. The molecule has 4 aromatic rings. The number of pyridine rings is 1. The zero-order valence-corrected chi connectivity index (χ0v) is 22.0. The maximum atomic E-state index is 12.2. The zero-order chi connectivity index (χ0) is 26.9. The molecule has 2 heterocycles. The number of ether oxygens (including phenoxy) is 1. The number of rotatable bonds is 8. The molecule has 0 amide bonds. The first-order chi connectivity index (χ1) is 18.3. The summed E-state index contributed by atoms with van der Waals surface area (Å²) in [5.74, 6) is 0.832. The Labute approximate surface area is 222 Å². The van der Waals surface area contributed by atoms with Crippen molar-refractivity contribution in [3.63, 3.8) is 0 Å². The van der Waals surface area contributed by atoms with Gasteiger partial charge in [0.05, 0.1) is 22.5 Å². The predicted molar refractivity (Wildman–Crippen MR) is 146 cm³/mol. The third kappa shape index (κ3) is 4.81. The van der Waals surface area contributed by atoms with Crippen LogP contribution in [0.4, 0.5) is 5.69 Å². The van der Waals surface area contributed by atoms with Gasteiger partial charge < -0.3 is 9.30 Å². The molecule has 2 aromatic carbocycles. The number of fused-ring (bicyclic) bond motifs is 1. The fourth-order valence-electron chi connectivity index (χ4n) is 4.78. The van der Waals surface area contributed by atoms with Crippen LogP contribution < -0.4 is 9.46 Å². The van der Waals surface area contributed by atoms with Gasteiger partial charge in [-0.3, -0.25) is 4.72 Å². The molecule has 0 radical (unpaired) electrons. The van der Waals surface area contributed by atoms with Crippen molar-refractivity contribution in [2.75, 3.05) is 10.5 Å². The lowest BCUT2D eigenvalue weighted by molar-refractivity contribution is 0.324. The first-order valence-electron chi connectivity index (χ1n) is 12.6. The van der Waals surface area contributed by atoms with Crippen molar-refractivity contribution in [2.24, 2.45) is 0 Å². The molecule has 0 atom stereocenters. The van der Waals surface area contributed by atoms with Crippen molar-refractivity contribution in [3.8, 4) is 35.0 Å². The number of anilines is 1. The van der Waals surface area contributed by atoms with E-state index in [9.17, 15) is 18.9 Å². The second kappa shape index (κ2) is 10.2. The van der Waals surface area contributed by atoms with Crippen molar-refractivity contribution >= 4 is 26.6 Å². The molecule has 0 unspecified atom stereocenters. The Morgan fingerprint density at radius 3 is 2.47 bits per heavy atom. The van der Waals surface area contributed by atoms with E-state index >= 15 is 0 Å². The average Bonchev–Trinajstić information content (AvgIpc) is 3.16. The van der Waals surface area contributed by atoms with Gasteiger partial charge in [-0.2, -0.15) is 10.5 Å². The molecule has 1 N–H and O–H groups in total. The van der Waals surface area contributed by atoms with Gasteiger partial charge in [-0.25, -0.2) is 13.4 Å². The third-order valence-electron chi connectivity index (χ3n) is 6.77. The molecule has 0 spiro atoms. The zero-order valence-electron chi connectivity index (χ0n) is 21.2. The van der Waals surface area contributed by atoms with E-state index in [2.05, 4.69) is 26.4 Å². The Bertz CT molecular complexity index is 1710. The van der Waals surface area contributed by atoms with Gasteiger partial charge in [0.2, 0.25) is 15.9 Å². The Balaban J connectivity index is 1.60. The van der Waals surface area contributed by atoms with Crippen LogP contribution in [0, 0.1) is 29.6 Å². The average molecular weight is 526 g/mol. The molecule has 1 aliphatic rings. The van der Waals surface area contributed by atoms with E-state index in [1.807, 2.05) is 38.1 Å². The Morgan fingerprint density at radius 1 is 1.08 bits per heavy atom. The molecular weight excluding hydrogens is 498 g/mol. The number of nitrogens with zero attached hydrogens (tertiary/aromatic N) is 4. The van der Waals surface area contributed by atoms with Gasteiger partial charge in [0.25, 0.3) is 0 Å². The van der Waals surface area contributed by atoms with E-state index in [0.29, 0.717) is 29.0 Å². The summed E-state index contributed by atoms with van der Waals surface area (Å²) < 4.78 is 35.3. The number of nitrogens with one attached hydrogen (secondary N) is 1. The predicted octanol–water partition coefficient (Wildman–Crippen LogP) is 6.42. The minimum Gasteiger partial charge on any atom is -0.438 e. The molecule has 1 aliphatic carbocycles. The SMILES string of the molecule is CCCS(=O)(=O)Nc1ccc(-c2c(C#N)c3ccc(Oc4nc(C)ccc4C#N)cc3n2C2CCC2)cc1. The van der Waals surface area contributed by atoms with Gasteiger partial charge in [-0.1, -0.05) is 19.1 Å². The fourth-order valence-corrected chi connectivity index (χ4v) is 5.91. The Morgan fingerprint density at radius 2 is 1.84 bits per heavy atom. The van der Waals surface area contributed by atoms with Gasteiger partial charge in [0.15, 0.2) is 0 Å². The minimum atomic E-state index is -3.40. The second-order valence-electron chi connectivity index (χ2n) is 9.49. The van der Waals surface area contributed by atoms with E-state index in [-0.39, 0.29) is 17.7 Å². The lowest BCUT2D eigenvalue weighted by atomic mass is 9.92. The maximum Gasteiger partial charge on any atom is 0.237 e. The third-order valence-corrected chi connectivity index (χ3v) is 8.26. The van der Waals surface area contributed by atoms with E-state index in [1.165, 1.54) is 0 Å². The van der Waals surface area contributed by atoms with Crippen molar-refractivity contribution in [2.45, 2.75) is 45.6 Å². The van der Waals surface area contributed by atoms with Crippen molar-refractivity contribution in [1.82, 2.24) is 9.55 Å². The highest BCUT2D eigenvalue weighted by Gasteiger charge is 2.28. The number of aromatic nitrogens is 2. The molecule has 9 heteroatoms. The number of benzene rings is 2. The Hall–Kier alpha value is -4.34. The smallest absolute Gasteiger partial charge is 0.237 e. The summed E-state index contributed by atoms with van der Waals surface area (Å²) in [5.41, 5.74) is 4.64. The summed E-state index contributed by atoms with van der Waals surface area (Å²) in [5, 5.41) is 20.5. The summed E-state index contributed by atoms with van der Waals surface area (Å²) in [4.78, 5) is 4.38. The minimum absolute atomic E-state index is 0.0571. The molecule has 0 saturated heterocycles. The Kier molecular flexibility index (Phi) is 6.79. The van der Waals surface area contributed by atoms with Crippen LogP contribution in [0.2, 0.25) is 0 Å². The summed E-state index contributed by atoms with van der Waals surface area (Å²) >= 11 is 0. The molecule has 192 valence electrons. The van der Waals surface area contributed by atoms with Gasteiger partial charge in [0.1, 0.15) is 23.5 Å². The summed E-state index contributed by atoms with van der Waals surface area (Å²) in [6.45, 7) is 3.66. The van der Waals surface area contributed by atoms with Crippen LogP contribution in [0.25, 0.3) is 22.2 Å². The molecule has 38 heavy (non-hydrogen) atoms. The highest BCUT2D eigenvalue weighted by Crippen LogP contribution is 2.43. The number of hydrogen-bond donors (Lipinski definition) is 1. The summed E-state index contributed by atoms with van der Waals surface area (Å²) in [6, 6.07) is 20.9. The molecule has 8 nitrogen and oxygen atoms in total. The van der Waals surface area contributed by atoms with Gasteiger partial charge in [0, 0.05) is 28.9 Å². The van der Waals surface area contributed by atoms with Crippen molar-refractivity contribution in [3.05, 3.63) is 71.4 Å². The van der Waals surface area contributed by atoms with Crippen LogP contribution in [0.3, 0.4) is 0 Å². The van der Waals surface area contributed by atoms with Crippen LogP contribution in [-0.4, -0.2) is 23.7 Å². The van der Waals surface area contributed by atoms with Gasteiger partial charge >= 0.3 is 0 Å². The van der Waals surface area contributed by atoms with E-state index < -0.39 is 10.0 Å². The van der Waals surface area contributed by atoms with Crippen LogP contribution in [0.1, 0.15) is 55.5 Å². The number of aryl methyl sites for hydroxylation is 1. The first kappa shape index (κ1) is 25.3. The monoisotopic (exact) mass is 525 g/mol. The molecule has 0 aliphatic heterocycles. The topological polar surface area (TPSA) is 121 Å². The van der Waals surface area contributed by atoms with E-state index in [4.69, 9.17) is 4.74 Å². The molecule has 5 rings (SSSR count). The van der Waals surface area contributed by atoms with Crippen LogP contribution in [0.15, 0.2) is 54.6 Å². The standard InChI is InChI=1S/C29H27N5O3S/c1-3-15-38(35,36)33-22-11-9-20(10-12-22)28-26(18-31)25-14-13-24(16-27(25)34(28)23-5-4-6-23)37-29-21(17-30)8-7-19(2)32-29/h7-14,16,23,33H,3-6,15H2,1-2H3. The lowest BCUT2D eigenvalue weighted by Crippen LogP contribution is -2.18. The largest absolute Gasteiger partial charge is 0.438 e. The van der Waals surface area contributed by atoms with Crippen LogP contribution >= 0.6 is 0 Å². The molecule has 2 aromatic heterocycles. The quantitative estimate of drug-likeness (QED) is 0.283. The number of sulfonamides is 1. The van der Waals surface area contributed by atoms with Gasteiger partial charge in [-0.05, 0) is 74.6 Å².